The highest BCUT2D eigenvalue weighted by atomic mass is 15.2. The van der Waals surface area contributed by atoms with E-state index in [2.05, 4.69) is 53.6 Å². The van der Waals surface area contributed by atoms with Gasteiger partial charge in [0.25, 0.3) is 0 Å². The van der Waals surface area contributed by atoms with Crippen LogP contribution in [0.15, 0.2) is 79.1 Å². The first-order valence-electron chi connectivity index (χ1n) is 6.04. The van der Waals surface area contributed by atoms with Gasteiger partial charge in [0.05, 0.1) is 0 Å². The molecular weight excluding hydrogens is 219 g/mol. The summed E-state index contributed by atoms with van der Waals surface area (Å²) in [5, 5.41) is 4.39. The SMILES string of the molecule is c1ccc(B(c2ccccc2)n2cccn2)cc1. The largest absolute Gasteiger partial charge is 0.348 e. The van der Waals surface area contributed by atoms with Crippen LogP contribution in [0.3, 0.4) is 0 Å². The molecule has 18 heavy (non-hydrogen) atoms. The van der Waals surface area contributed by atoms with E-state index in [0.29, 0.717) is 0 Å². The van der Waals surface area contributed by atoms with E-state index in [0.717, 1.165) is 0 Å². The third-order valence-electron chi connectivity index (χ3n) is 3.02. The van der Waals surface area contributed by atoms with E-state index in [4.69, 9.17) is 0 Å². The first kappa shape index (κ1) is 10.8. The average molecular weight is 232 g/mol. The Morgan fingerprint density at radius 3 is 1.72 bits per heavy atom. The predicted molar refractivity (Wildman–Crippen MR) is 75.5 cm³/mol. The van der Waals surface area contributed by atoms with Crippen molar-refractivity contribution >= 4 is 17.8 Å². The minimum absolute atomic E-state index is 0.141. The Morgan fingerprint density at radius 2 is 1.28 bits per heavy atom. The number of aromatic nitrogens is 2. The summed E-state index contributed by atoms with van der Waals surface area (Å²) in [6.07, 6.45) is 3.82. The predicted octanol–water partition coefficient (Wildman–Crippen LogP) is 1.54. The van der Waals surface area contributed by atoms with Crippen LogP contribution in [0.1, 0.15) is 0 Å². The van der Waals surface area contributed by atoms with Crippen LogP contribution in [0.2, 0.25) is 0 Å². The van der Waals surface area contributed by atoms with Gasteiger partial charge < -0.3 is 4.59 Å². The highest BCUT2D eigenvalue weighted by molar-refractivity contribution is 6.83. The standard InChI is InChI=1S/C15H13BN2/c1-3-8-14(9-4-1)16(18-13-7-12-17-18)15-10-5-2-6-11-15/h1-13H. The van der Waals surface area contributed by atoms with Crippen molar-refractivity contribution in [3.8, 4) is 0 Å². The Labute approximate surface area is 107 Å². The van der Waals surface area contributed by atoms with E-state index in [1.165, 1.54) is 10.9 Å². The van der Waals surface area contributed by atoms with Gasteiger partial charge in [-0.05, 0) is 17.0 Å². The van der Waals surface area contributed by atoms with E-state index in [9.17, 15) is 0 Å². The van der Waals surface area contributed by atoms with Crippen molar-refractivity contribution in [2.24, 2.45) is 0 Å². The van der Waals surface area contributed by atoms with Gasteiger partial charge >= 0.3 is 6.85 Å². The smallest absolute Gasteiger partial charge is 0.306 e. The lowest BCUT2D eigenvalue weighted by Gasteiger charge is -2.14. The second-order valence-electron chi connectivity index (χ2n) is 4.21. The van der Waals surface area contributed by atoms with Gasteiger partial charge in [-0.15, -0.1) is 0 Å². The molecule has 0 radical (unpaired) electrons. The van der Waals surface area contributed by atoms with Crippen LogP contribution < -0.4 is 10.9 Å². The minimum Gasteiger partial charge on any atom is -0.306 e. The molecule has 0 unspecified atom stereocenters. The zero-order valence-electron chi connectivity index (χ0n) is 9.98. The molecule has 0 bridgehead atoms. The molecule has 0 fully saturated rings. The summed E-state index contributed by atoms with van der Waals surface area (Å²) >= 11 is 0. The van der Waals surface area contributed by atoms with E-state index in [-0.39, 0.29) is 6.85 Å². The molecule has 2 nitrogen and oxygen atoms in total. The molecule has 0 atom stereocenters. The van der Waals surface area contributed by atoms with Gasteiger partial charge in [0.15, 0.2) is 0 Å². The molecule has 0 aliphatic heterocycles. The molecule has 2 aromatic carbocycles. The third-order valence-corrected chi connectivity index (χ3v) is 3.02. The van der Waals surface area contributed by atoms with Gasteiger partial charge in [-0.2, -0.15) is 5.10 Å². The van der Waals surface area contributed by atoms with E-state index >= 15 is 0 Å². The Balaban J connectivity index is 2.11. The van der Waals surface area contributed by atoms with Gasteiger partial charge in [-0.3, -0.25) is 0 Å². The van der Waals surface area contributed by atoms with Crippen LogP contribution >= 0.6 is 0 Å². The van der Waals surface area contributed by atoms with Gasteiger partial charge in [-0.1, -0.05) is 60.7 Å². The van der Waals surface area contributed by atoms with Crippen molar-refractivity contribution in [2.45, 2.75) is 0 Å². The molecule has 1 aromatic heterocycles. The lowest BCUT2D eigenvalue weighted by atomic mass is 9.51. The van der Waals surface area contributed by atoms with Gasteiger partial charge in [0.1, 0.15) is 0 Å². The van der Waals surface area contributed by atoms with Crippen LogP contribution in [0.25, 0.3) is 0 Å². The second-order valence-corrected chi connectivity index (χ2v) is 4.21. The molecule has 0 spiro atoms. The van der Waals surface area contributed by atoms with Gasteiger partial charge in [0, 0.05) is 12.4 Å². The monoisotopic (exact) mass is 232 g/mol. The fourth-order valence-corrected chi connectivity index (χ4v) is 2.20. The Hall–Kier alpha value is -2.29. The zero-order valence-corrected chi connectivity index (χ0v) is 9.98. The molecule has 0 aliphatic rings. The molecule has 0 amide bonds. The molecule has 0 N–H and O–H groups in total. The first-order valence-corrected chi connectivity index (χ1v) is 6.04. The van der Waals surface area contributed by atoms with Gasteiger partial charge in [0.2, 0.25) is 0 Å². The number of rotatable bonds is 3. The normalized spacial score (nSPS) is 10.2. The Kier molecular flexibility index (Phi) is 2.96. The summed E-state index contributed by atoms with van der Waals surface area (Å²) in [7, 11) is 0. The van der Waals surface area contributed by atoms with Gasteiger partial charge in [-0.25, -0.2) is 0 Å². The zero-order chi connectivity index (χ0) is 12.2. The summed E-state index contributed by atoms with van der Waals surface area (Å²) < 4.78 is 1.99. The Morgan fingerprint density at radius 1 is 0.722 bits per heavy atom. The molecule has 3 rings (SSSR count). The Bertz CT molecular complexity index is 551. The molecule has 1 heterocycles. The highest BCUT2D eigenvalue weighted by Gasteiger charge is 2.21. The van der Waals surface area contributed by atoms with Crippen molar-refractivity contribution in [3.63, 3.8) is 0 Å². The fraction of sp³-hybridized carbons (Fsp3) is 0. The molecule has 3 heteroatoms. The molecule has 0 aliphatic carbocycles. The molecular formula is C15H13BN2. The van der Waals surface area contributed by atoms with Crippen LogP contribution in [-0.4, -0.2) is 16.5 Å². The van der Waals surface area contributed by atoms with Crippen LogP contribution in [-0.2, 0) is 0 Å². The second kappa shape index (κ2) is 4.92. The highest BCUT2D eigenvalue weighted by Crippen LogP contribution is 1.96. The summed E-state index contributed by atoms with van der Waals surface area (Å²) in [5.74, 6) is 0. The fourth-order valence-electron chi connectivity index (χ4n) is 2.20. The van der Waals surface area contributed by atoms with Crippen molar-refractivity contribution in [1.82, 2.24) is 9.69 Å². The number of nitrogens with zero attached hydrogens (tertiary/aromatic N) is 2. The maximum atomic E-state index is 4.39. The van der Waals surface area contributed by atoms with E-state index < -0.39 is 0 Å². The van der Waals surface area contributed by atoms with Crippen LogP contribution in [0.5, 0.6) is 0 Å². The average Bonchev–Trinajstić information content (AvgIpc) is 2.95. The lowest BCUT2D eigenvalue weighted by Crippen LogP contribution is -2.48. The van der Waals surface area contributed by atoms with E-state index in [1.54, 1.807) is 0 Å². The van der Waals surface area contributed by atoms with Crippen molar-refractivity contribution in [1.29, 1.82) is 0 Å². The van der Waals surface area contributed by atoms with E-state index in [1.807, 2.05) is 35.2 Å². The van der Waals surface area contributed by atoms with Crippen molar-refractivity contribution < 1.29 is 0 Å². The number of hydrogen-bond acceptors (Lipinski definition) is 1. The topological polar surface area (TPSA) is 17.8 Å². The summed E-state index contributed by atoms with van der Waals surface area (Å²) in [6.45, 7) is 0.141. The molecule has 3 aromatic rings. The molecule has 0 saturated heterocycles. The maximum absolute atomic E-state index is 4.39. The number of hydrogen-bond donors (Lipinski definition) is 0. The van der Waals surface area contributed by atoms with Crippen LogP contribution in [0.4, 0.5) is 0 Å². The molecule has 0 saturated carbocycles. The number of benzene rings is 2. The first-order chi connectivity index (χ1) is 8.95. The quantitative estimate of drug-likeness (QED) is 0.626. The summed E-state index contributed by atoms with van der Waals surface area (Å²) in [4.78, 5) is 0. The van der Waals surface area contributed by atoms with Crippen molar-refractivity contribution in [3.05, 3.63) is 79.1 Å². The maximum Gasteiger partial charge on any atom is 0.348 e. The third kappa shape index (κ3) is 2.07. The minimum atomic E-state index is 0.141. The summed E-state index contributed by atoms with van der Waals surface area (Å²) in [5.41, 5.74) is 2.49. The van der Waals surface area contributed by atoms with Crippen molar-refractivity contribution in [2.75, 3.05) is 0 Å². The summed E-state index contributed by atoms with van der Waals surface area (Å²) in [6, 6.07) is 22.8. The van der Waals surface area contributed by atoms with Crippen LogP contribution in [0, 0.1) is 0 Å². The molecule has 86 valence electrons. The lowest BCUT2D eigenvalue weighted by molar-refractivity contribution is 0.970.